The minimum absolute atomic E-state index is 0.00227. The van der Waals surface area contributed by atoms with Gasteiger partial charge < -0.3 is 33.7 Å². The molecular formula is C37H44ClNO8. The first-order valence-corrected chi connectivity index (χ1v) is 16.6. The van der Waals surface area contributed by atoms with E-state index in [1.807, 2.05) is 24.3 Å². The van der Waals surface area contributed by atoms with Gasteiger partial charge in [-0.25, -0.2) is 0 Å². The number of nitrogens with zero attached hydrogens (tertiary/aromatic N) is 1. The summed E-state index contributed by atoms with van der Waals surface area (Å²) in [5.74, 6) is 2.64. The van der Waals surface area contributed by atoms with E-state index in [2.05, 4.69) is 22.9 Å². The number of aliphatic hydroxyl groups is 1. The first kappa shape index (κ1) is 34.5. The molecule has 0 spiro atoms. The molecule has 3 aliphatic rings. The van der Waals surface area contributed by atoms with Crippen molar-refractivity contribution in [3.8, 4) is 17.2 Å². The molecule has 0 unspecified atom stereocenters. The number of hydrogen-bond acceptors (Lipinski definition) is 8. The number of carbonyl (C=O) groups is 2. The van der Waals surface area contributed by atoms with Crippen molar-refractivity contribution in [1.29, 1.82) is 0 Å². The lowest BCUT2D eigenvalue weighted by atomic mass is 9.92. The molecule has 2 fully saturated rings. The van der Waals surface area contributed by atoms with Crippen molar-refractivity contribution in [3.05, 3.63) is 81.4 Å². The fourth-order valence-corrected chi connectivity index (χ4v) is 6.30. The van der Waals surface area contributed by atoms with Gasteiger partial charge in [0, 0.05) is 42.2 Å². The molecule has 6 rings (SSSR count). The Morgan fingerprint density at radius 1 is 0.979 bits per heavy atom. The molecule has 3 aromatic rings. The van der Waals surface area contributed by atoms with Crippen LogP contribution in [0.5, 0.6) is 17.2 Å². The van der Waals surface area contributed by atoms with Gasteiger partial charge in [-0.2, -0.15) is 0 Å². The normalized spacial score (nSPS) is 17.2. The molecule has 0 aromatic heterocycles. The Morgan fingerprint density at radius 2 is 1.74 bits per heavy atom. The molecule has 0 bridgehead atoms. The third-order valence-corrected chi connectivity index (χ3v) is 8.71. The quantitative estimate of drug-likeness (QED) is 0.162. The van der Waals surface area contributed by atoms with Crippen molar-refractivity contribution < 1.29 is 38.4 Å². The number of esters is 1. The summed E-state index contributed by atoms with van der Waals surface area (Å²) in [4.78, 5) is 25.5. The first-order chi connectivity index (χ1) is 22.8. The van der Waals surface area contributed by atoms with Gasteiger partial charge >= 0.3 is 5.97 Å². The maximum atomic E-state index is 13.9. The summed E-state index contributed by atoms with van der Waals surface area (Å²) in [6, 6.07) is 15.7. The van der Waals surface area contributed by atoms with Crippen LogP contribution in [-0.4, -0.2) is 57.6 Å². The first-order valence-electron chi connectivity index (χ1n) is 16.3. The van der Waals surface area contributed by atoms with E-state index < -0.39 is 6.10 Å². The Balaban J connectivity index is 0.000000662. The Hall–Kier alpha value is -3.79. The van der Waals surface area contributed by atoms with Crippen LogP contribution >= 0.6 is 11.6 Å². The maximum absolute atomic E-state index is 13.9. The van der Waals surface area contributed by atoms with Gasteiger partial charge in [0.2, 0.25) is 0 Å². The van der Waals surface area contributed by atoms with Crippen LogP contribution in [0.4, 0.5) is 5.69 Å². The summed E-state index contributed by atoms with van der Waals surface area (Å²) < 4.78 is 28.4. The number of amides is 1. The smallest absolute Gasteiger partial charge is 0.302 e. The van der Waals surface area contributed by atoms with E-state index >= 15 is 0 Å². The van der Waals surface area contributed by atoms with Crippen LogP contribution in [0.25, 0.3) is 0 Å². The summed E-state index contributed by atoms with van der Waals surface area (Å²) in [6.07, 6.45) is 4.35. The molecule has 2 saturated carbocycles. The van der Waals surface area contributed by atoms with Crippen molar-refractivity contribution in [2.45, 2.75) is 70.4 Å². The van der Waals surface area contributed by atoms with E-state index in [-0.39, 0.29) is 25.1 Å². The monoisotopic (exact) mass is 665 g/mol. The number of ether oxygens (including phenoxy) is 5. The molecule has 1 atom stereocenters. The van der Waals surface area contributed by atoms with Gasteiger partial charge in [0.15, 0.2) is 0 Å². The number of benzene rings is 3. The molecule has 1 heterocycles. The molecule has 1 N–H and O–H groups in total. The minimum Gasteiger partial charge on any atom is -0.497 e. The molecule has 10 heteroatoms. The molecule has 1 aliphatic heterocycles. The molecule has 0 radical (unpaired) electrons. The SMILES string of the molecule is CCOC(C)=O.COc1ccc(CN2C(=O)CO[C@H](c3cccc(OC)c3C3CC3)c3cc(Cl)cc(OCCCO)c32)c(C2CC2)c1. The zero-order valence-electron chi connectivity index (χ0n) is 27.6. The highest BCUT2D eigenvalue weighted by Gasteiger charge is 2.38. The van der Waals surface area contributed by atoms with Crippen LogP contribution in [0.1, 0.15) is 91.7 Å². The summed E-state index contributed by atoms with van der Waals surface area (Å²) in [5.41, 5.74) is 5.82. The van der Waals surface area contributed by atoms with E-state index in [4.69, 9.17) is 30.5 Å². The van der Waals surface area contributed by atoms with Crippen molar-refractivity contribution in [1.82, 2.24) is 0 Å². The number of carbonyl (C=O) groups excluding carboxylic acids is 2. The number of fused-ring (bicyclic) bond motifs is 1. The highest BCUT2D eigenvalue weighted by Crippen LogP contribution is 2.52. The summed E-state index contributed by atoms with van der Waals surface area (Å²) in [7, 11) is 3.36. The average molecular weight is 666 g/mol. The maximum Gasteiger partial charge on any atom is 0.302 e. The number of aliphatic hydroxyl groups excluding tert-OH is 1. The van der Waals surface area contributed by atoms with Gasteiger partial charge in [0.05, 0.1) is 39.7 Å². The van der Waals surface area contributed by atoms with E-state index in [9.17, 15) is 14.7 Å². The number of rotatable bonds is 12. The topological polar surface area (TPSA) is 104 Å². The van der Waals surface area contributed by atoms with Crippen molar-refractivity contribution >= 4 is 29.2 Å². The summed E-state index contributed by atoms with van der Waals surface area (Å²) in [6.45, 7) is 4.22. The van der Waals surface area contributed by atoms with Crippen LogP contribution in [0.3, 0.4) is 0 Å². The molecule has 3 aromatic carbocycles. The van der Waals surface area contributed by atoms with E-state index in [0.717, 1.165) is 59.4 Å². The highest BCUT2D eigenvalue weighted by molar-refractivity contribution is 6.31. The van der Waals surface area contributed by atoms with Crippen LogP contribution in [0.2, 0.25) is 5.02 Å². The zero-order valence-corrected chi connectivity index (χ0v) is 28.3. The summed E-state index contributed by atoms with van der Waals surface area (Å²) >= 11 is 6.70. The van der Waals surface area contributed by atoms with Crippen LogP contribution in [0.15, 0.2) is 48.5 Å². The van der Waals surface area contributed by atoms with Gasteiger partial charge in [-0.05, 0) is 85.4 Å². The molecule has 47 heavy (non-hydrogen) atoms. The Bertz CT molecular complexity index is 1570. The van der Waals surface area contributed by atoms with E-state index in [1.54, 1.807) is 32.1 Å². The van der Waals surface area contributed by atoms with Crippen LogP contribution < -0.4 is 19.1 Å². The number of halogens is 1. The molecule has 1 amide bonds. The Labute approximate surface area is 281 Å². The zero-order chi connectivity index (χ0) is 33.5. The standard InChI is InChI=1S/C33H36ClNO6.C4H8O2/c1-38-24-12-11-22(26(17-24)20-7-8-20)18-35-30(37)19-41-33(25-5-3-6-28(39-2)31(25)21-9-10-21)27-15-23(34)16-29(32(27)35)40-14-4-13-36;1-3-6-4(2)5/h3,5-6,11-12,15-17,20-21,33,36H,4,7-10,13-14,18-19H2,1-2H3;3H2,1-2H3/t33-;/m1./s1. The Kier molecular flexibility index (Phi) is 11.7. The predicted octanol–water partition coefficient (Wildman–Crippen LogP) is 7.10. The third kappa shape index (κ3) is 8.39. The average Bonchev–Trinajstić information content (AvgIpc) is 3.98. The van der Waals surface area contributed by atoms with Crippen molar-refractivity contribution in [2.75, 3.05) is 45.5 Å². The third-order valence-electron chi connectivity index (χ3n) is 8.49. The lowest BCUT2D eigenvalue weighted by Crippen LogP contribution is -2.33. The molecule has 9 nitrogen and oxygen atoms in total. The molecule has 252 valence electrons. The molecule has 0 saturated heterocycles. The van der Waals surface area contributed by atoms with Gasteiger partial charge in [-0.3, -0.25) is 9.59 Å². The fraction of sp³-hybridized carbons (Fsp3) is 0.459. The van der Waals surface area contributed by atoms with Crippen molar-refractivity contribution in [3.63, 3.8) is 0 Å². The second-order valence-corrected chi connectivity index (χ2v) is 12.4. The number of methoxy groups -OCH3 is 2. The number of hydrogen-bond donors (Lipinski definition) is 1. The lowest BCUT2D eigenvalue weighted by Gasteiger charge is -2.28. The largest absolute Gasteiger partial charge is 0.497 e. The van der Waals surface area contributed by atoms with E-state index in [1.165, 1.54) is 12.5 Å². The van der Waals surface area contributed by atoms with Crippen LogP contribution in [-0.2, 0) is 25.6 Å². The highest BCUT2D eigenvalue weighted by atomic mass is 35.5. The van der Waals surface area contributed by atoms with E-state index in [0.29, 0.717) is 54.5 Å². The fourth-order valence-electron chi connectivity index (χ4n) is 6.08. The van der Waals surface area contributed by atoms with Gasteiger partial charge in [-0.1, -0.05) is 29.8 Å². The molecule has 2 aliphatic carbocycles. The second-order valence-electron chi connectivity index (χ2n) is 11.9. The predicted molar refractivity (Wildman–Crippen MR) is 180 cm³/mol. The van der Waals surface area contributed by atoms with Gasteiger partial charge in [-0.15, -0.1) is 0 Å². The second kappa shape index (κ2) is 15.9. The lowest BCUT2D eigenvalue weighted by molar-refractivity contribution is -0.140. The minimum atomic E-state index is -0.540. The molecular weight excluding hydrogens is 622 g/mol. The number of anilines is 1. The van der Waals surface area contributed by atoms with Crippen LogP contribution in [0, 0.1) is 0 Å². The van der Waals surface area contributed by atoms with Gasteiger partial charge in [0.1, 0.15) is 30.0 Å². The summed E-state index contributed by atoms with van der Waals surface area (Å²) in [5, 5.41) is 9.91. The Morgan fingerprint density at radius 3 is 2.36 bits per heavy atom. The van der Waals surface area contributed by atoms with Crippen molar-refractivity contribution in [2.24, 2.45) is 0 Å². The van der Waals surface area contributed by atoms with Gasteiger partial charge in [0.25, 0.3) is 5.91 Å².